The molecule has 0 saturated carbocycles. The first-order valence-electron chi connectivity index (χ1n) is 6.19. The van der Waals surface area contributed by atoms with Crippen LogP contribution in [0.1, 0.15) is 15.9 Å². The summed E-state index contributed by atoms with van der Waals surface area (Å²) >= 11 is 0. The third-order valence-corrected chi connectivity index (χ3v) is 3.02. The van der Waals surface area contributed by atoms with Crippen molar-refractivity contribution in [3.05, 3.63) is 59.7 Å². The van der Waals surface area contributed by atoms with Crippen molar-refractivity contribution in [2.45, 2.75) is 6.92 Å². The summed E-state index contributed by atoms with van der Waals surface area (Å²) in [6, 6.07) is 15.0. The third-order valence-electron chi connectivity index (χ3n) is 3.02. The molecule has 0 fully saturated rings. The quantitative estimate of drug-likeness (QED) is 0.682. The zero-order chi connectivity index (χ0) is 13.9. The summed E-state index contributed by atoms with van der Waals surface area (Å²) in [5.74, 6) is 0.574. The number of benzene rings is 2. The van der Waals surface area contributed by atoms with Crippen LogP contribution in [0.3, 0.4) is 0 Å². The highest BCUT2D eigenvalue weighted by Gasteiger charge is 2.09. The predicted octanol–water partition coefficient (Wildman–Crippen LogP) is 2.45. The van der Waals surface area contributed by atoms with E-state index in [0.717, 1.165) is 23.1 Å². The van der Waals surface area contributed by atoms with Gasteiger partial charge < -0.3 is 0 Å². The highest BCUT2D eigenvalue weighted by Crippen LogP contribution is 2.16. The van der Waals surface area contributed by atoms with Crippen LogP contribution in [0, 0.1) is 6.92 Å². The smallest absolute Gasteiger partial charge is 0.205 e. The van der Waals surface area contributed by atoms with E-state index in [0.29, 0.717) is 11.4 Å². The fourth-order valence-electron chi connectivity index (χ4n) is 2.00. The van der Waals surface area contributed by atoms with Gasteiger partial charge in [0.25, 0.3) is 0 Å². The van der Waals surface area contributed by atoms with Crippen LogP contribution in [0.5, 0.6) is 0 Å². The van der Waals surface area contributed by atoms with Gasteiger partial charge in [-0.25, -0.2) is 0 Å². The Hall–Kier alpha value is -2.82. The van der Waals surface area contributed by atoms with Crippen molar-refractivity contribution in [1.82, 2.24) is 20.2 Å². The first kappa shape index (κ1) is 12.2. The lowest BCUT2D eigenvalue weighted by Gasteiger charge is -2.03. The Balaban J connectivity index is 2.00. The molecule has 0 atom stereocenters. The van der Waals surface area contributed by atoms with Crippen molar-refractivity contribution in [2.75, 3.05) is 0 Å². The Labute approximate surface area is 115 Å². The predicted molar refractivity (Wildman–Crippen MR) is 74.7 cm³/mol. The lowest BCUT2D eigenvalue weighted by Crippen LogP contribution is -2.02. The van der Waals surface area contributed by atoms with E-state index in [4.69, 9.17) is 0 Å². The van der Waals surface area contributed by atoms with Crippen LogP contribution in [0.25, 0.3) is 17.1 Å². The number of nitrogens with zero attached hydrogens (tertiary/aromatic N) is 4. The van der Waals surface area contributed by atoms with Crippen LogP contribution < -0.4 is 0 Å². The van der Waals surface area contributed by atoms with Crippen LogP contribution >= 0.6 is 0 Å². The van der Waals surface area contributed by atoms with Gasteiger partial charge in [0.1, 0.15) is 6.29 Å². The molecule has 2 aromatic carbocycles. The Kier molecular flexibility index (Phi) is 3.09. The van der Waals surface area contributed by atoms with Gasteiger partial charge in [0.05, 0.1) is 5.69 Å². The molecule has 0 radical (unpaired) electrons. The van der Waals surface area contributed by atoms with Crippen molar-refractivity contribution in [2.24, 2.45) is 0 Å². The molecule has 20 heavy (non-hydrogen) atoms. The van der Waals surface area contributed by atoms with Gasteiger partial charge in [-0.2, -0.15) is 0 Å². The molecule has 1 heterocycles. The summed E-state index contributed by atoms with van der Waals surface area (Å²) in [5.41, 5.74) is 3.28. The van der Waals surface area contributed by atoms with Crippen LogP contribution in [-0.2, 0) is 0 Å². The fourth-order valence-corrected chi connectivity index (χ4v) is 2.00. The van der Waals surface area contributed by atoms with E-state index in [1.807, 2.05) is 43.3 Å². The van der Waals surface area contributed by atoms with E-state index in [-0.39, 0.29) is 0 Å². The lowest BCUT2D eigenvalue weighted by molar-refractivity contribution is 0.112. The molecule has 3 aromatic rings. The van der Waals surface area contributed by atoms with E-state index in [9.17, 15) is 4.79 Å². The number of tetrazole rings is 1. The average molecular weight is 264 g/mol. The zero-order valence-electron chi connectivity index (χ0n) is 10.9. The Bertz CT molecular complexity index is 750. The summed E-state index contributed by atoms with van der Waals surface area (Å²) in [6.07, 6.45) is 0.820. The van der Waals surface area contributed by atoms with Crippen molar-refractivity contribution in [3.8, 4) is 17.1 Å². The number of hydrogen-bond acceptors (Lipinski definition) is 4. The van der Waals surface area contributed by atoms with Gasteiger partial charge in [0.2, 0.25) is 5.82 Å². The van der Waals surface area contributed by atoms with Gasteiger partial charge in [-0.15, -0.1) is 15.0 Å². The van der Waals surface area contributed by atoms with E-state index in [2.05, 4.69) is 15.4 Å². The first-order chi connectivity index (χ1) is 9.78. The summed E-state index contributed by atoms with van der Waals surface area (Å²) in [6.45, 7) is 1.91. The number of carbonyl (C=O) groups excluding carboxylic acids is 1. The van der Waals surface area contributed by atoms with Crippen molar-refractivity contribution in [3.63, 3.8) is 0 Å². The number of rotatable bonds is 3. The van der Waals surface area contributed by atoms with Gasteiger partial charge in [0.15, 0.2) is 0 Å². The molecule has 0 N–H and O–H groups in total. The van der Waals surface area contributed by atoms with Crippen LogP contribution in [0.2, 0.25) is 0 Å². The first-order valence-corrected chi connectivity index (χ1v) is 6.19. The molecular formula is C15H12N4O. The average Bonchev–Trinajstić information content (AvgIpc) is 2.97. The molecule has 5 nitrogen and oxygen atoms in total. The van der Waals surface area contributed by atoms with Crippen LogP contribution in [0.4, 0.5) is 0 Å². The largest absolute Gasteiger partial charge is 0.298 e. The number of aryl methyl sites for hydroxylation is 1. The monoisotopic (exact) mass is 264 g/mol. The van der Waals surface area contributed by atoms with Gasteiger partial charge in [-0.05, 0) is 35.9 Å². The summed E-state index contributed by atoms with van der Waals surface area (Å²) in [5, 5.41) is 12.5. The fraction of sp³-hybridized carbons (Fsp3) is 0.0667. The second-order valence-electron chi connectivity index (χ2n) is 4.43. The number of carbonyl (C=O) groups is 1. The van der Waals surface area contributed by atoms with E-state index in [1.54, 1.807) is 12.1 Å². The topological polar surface area (TPSA) is 60.7 Å². The summed E-state index contributed by atoms with van der Waals surface area (Å²) < 4.78 is 0. The van der Waals surface area contributed by atoms with Crippen molar-refractivity contribution < 1.29 is 4.79 Å². The molecule has 0 aliphatic carbocycles. The normalized spacial score (nSPS) is 10.4. The SMILES string of the molecule is Cc1cc(C=O)ccc1-n1nnc(-c2ccccc2)n1. The van der Waals surface area contributed by atoms with Crippen molar-refractivity contribution >= 4 is 6.29 Å². The molecule has 5 heteroatoms. The minimum Gasteiger partial charge on any atom is -0.298 e. The van der Waals surface area contributed by atoms with E-state index < -0.39 is 0 Å². The molecule has 0 unspecified atom stereocenters. The number of aldehydes is 1. The zero-order valence-corrected chi connectivity index (χ0v) is 10.9. The van der Waals surface area contributed by atoms with Gasteiger partial charge in [-0.1, -0.05) is 30.3 Å². The summed E-state index contributed by atoms with van der Waals surface area (Å²) in [7, 11) is 0. The Morgan fingerprint density at radius 1 is 1.10 bits per heavy atom. The second kappa shape index (κ2) is 5.05. The van der Waals surface area contributed by atoms with Gasteiger partial charge in [0, 0.05) is 11.1 Å². The molecule has 0 spiro atoms. The highest BCUT2D eigenvalue weighted by molar-refractivity contribution is 5.75. The van der Waals surface area contributed by atoms with Crippen LogP contribution in [-0.4, -0.2) is 26.5 Å². The van der Waals surface area contributed by atoms with Gasteiger partial charge >= 0.3 is 0 Å². The lowest BCUT2D eigenvalue weighted by atomic mass is 10.1. The van der Waals surface area contributed by atoms with Crippen molar-refractivity contribution in [1.29, 1.82) is 0 Å². The minimum absolute atomic E-state index is 0.574. The number of aromatic nitrogens is 4. The molecule has 3 rings (SSSR count). The van der Waals surface area contributed by atoms with E-state index >= 15 is 0 Å². The molecule has 0 amide bonds. The molecular weight excluding hydrogens is 252 g/mol. The maximum Gasteiger partial charge on any atom is 0.205 e. The van der Waals surface area contributed by atoms with Gasteiger partial charge in [-0.3, -0.25) is 4.79 Å². The summed E-state index contributed by atoms with van der Waals surface area (Å²) in [4.78, 5) is 12.2. The highest BCUT2D eigenvalue weighted by atomic mass is 16.1. The van der Waals surface area contributed by atoms with Crippen LogP contribution in [0.15, 0.2) is 48.5 Å². The Morgan fingerprint density at radius 2 is 1.90 bits per heavy atom. The molecule has 0 aliphatic rings. The third kappa shape index (κ3) is 2.21. The maximum atomic E-state index is 10.7. The molecule has 98 valence electrons. The van der Waals surface area contributed by atoms with E-state index in [1.165, 1.54) is 4.80 Å². The Morgan fingerprint density at radius 3 is 2.60 bits per heavy atom. The second-order valence-corrected chi connectivity index (χ2v) is 4.43. The molecule has 0 bridgehead atoms. The number of hydrogen-bond donors (Lipinski definition) is 0. The molecule has 0 aliphatic heterocycles. The minimum atomic E-state index is 0.574. The maximum absolute atomic E-state index is 10.7. The standard InChI is InChI=1S/C15H12N4O/c1-11-9-12(10-20)7-8-14(11)19-17-15(16-18-19)13-5-3-2-4-6-13/h2-10H,1H3. The molecule has 1 aromatic heterocycles. The molecule has 0 saturated heterocycles.